The van der Waals surface area contributed by atoms with E-state index >= 15 is 0 Å². The van der Waals surface area contributed by atoms with E-state index in [2.05, 4.69) is 5.32 Å². The molecule has 31 heavy (non-hydrogen) atoms. The minimum Gasteiger partial charge on any atom is -0.482 e. The molecule has 1 aromatic rings. The number of nitrogens with zero attached hydrogens (tertiary/aromatic N) is 1. The Kier molecular flexibility index (Phi) is 8.84. The molecule has 3 atom stereocenters. The van der Waals surface area contributed by atoms with E-state index in [-0.39, 0.29) is 24.9 Å². The van der Waals surface area contributed by atoms with Gasteiger partial charge in [-0.3, -0.25) is 9.59 Å². The van der Waals surface area contributed by atoms with E-state index in [1.165, 1.54) is 4.90 Å². The summed E-state index contributed by atoms with van der Waals surface area (Å²) in [5.41, 5.74) is 0.383. The third-order valence-electron chi connectivity index (χ3n) is 5.34. The Morgan fingerprint density at radius 1 is 1.16 bits per heavy atom. The van der Waals surface area contributed by atoms with Gasteiger partial charge >= 0.3 is 12.1 Å². The highest BCUT2D eigenvalue weighted by Gasteiger charge is 2.35. The van der Waals surface area contributed by atoms with E-state index in [0.717, 1.165) is 12.8 Å². The average molecular weight is 434 g/mol. The fourth-order valence-corrected chi connectivity index (χ4v) is 3.61. The van der Waals surface area contributed by atoms with Gasteiger partial charge in [0.2, 0.25) is 5.91 Å². The molecular formula is C22H30N2O7. The van der Waals surface area contributed by atoms with Gasteiger partial charge in [-0.15, -0.1) is 0 Å². The molecule has 9 heteroatoms. The number of rotatable bonds is 9. The van der Waals surface area contributed by atoms with Crippen LogP contribution in [0.4, 0.5) is 4.79 Å². The van der Waals surface area contributed by atoms with Gasteiger partial charge in [0, 0.05) is 18.2 Å². The van der Waals surface area contributed by atoms with Crippen molar-refractivity contribution in [2.24, 2.45) is 5.92 Å². The van der Waals surface area contributed by atoms with E-state index in [1.54, 1.807) is 45.0 Å². The zero-order chi connectivity index (χ0) is 23.0. The summed E-state index contributed by atoms with van der Waals surface area (Å²) in [6, 6.07) is 5.07. The van der Waals surface area contributed by atoms with Crippen LogP contribution >= 0.6 is 0 Å². The Morgan fingerprint density at radius 2 is 1.84 bits per heavy atom. The van der Waals surface area contributed by atoms with Crippen LogP contribution in [0.25, 0.3) is 0 Å². The highest BCUT2D eigenvalue weighted by molar-refractivity contribution is 6.01. The van der Waals surface area contributed by atoms with Crippen LogP contribution in [-0.4, -0.2) is 65.6 Å². The standard InChI is InChI=1S/C22H30N2O7/c1-4-30-19(25)13-31-17-10-8-16(9-11-17)20(26)15(3)23-21(27)14(2)18-7-5-6-12-24(18)22(28)29/h8-11,14-15,18H,4-7,12-13H2,1-3H3,(H,23,27)(H,28,29). The van der Waals surface area contributed by atoms with Gasteiger partial charge in [-0.1, -0.05) is 6.92 Å². The third kappa shape index (κ3) is 6.70. The summed E-state index contributed by atoms with van der Waals surface area (Å²) in [7, 11) is 0. The van der Waals surface area contributed by atoms with Crippen LogP contribution in [0.1, 0.15) is 50.4 Å². The molecule has 1 aliphatic rings. The van der Waals surface area contributed by atoms with Crippen molar-refractivity contribution >= 4 is 23.8 Å². The zero-order valence-corrected chi connectivity index (χ0v) is 18.1. The molecule has 0 aliphatic carbocycles. The molecule has 9 nitrogen and oxygen atoms in total. The lowest BCUT2D eigenvalue weighted by atomic mass is 9.90. The van der Waals surface area contributed by atoms with E-state index < -0.39 is 30.1 Å². The van der Waals surface area contributed by atoms with Crippen molar-refractivity contribution in [2.45, 2.75) is 52.1 Å². The molecule has 3 unspecified atom stereocenters. The Hall–Kier alpha value is -3.10. The number of hydrogen-bond donors (Lipinski definition) is 2. The summed E-state index contributed by atoms with van der Waals surface area (Å²) < 4.78 is 10.1. The molecule has 0 saturated carbocycles. The van der Waals surface area contributed by atoms with Crippen LogP contribution in [-0.2, 0) is 14.3 Å². The second kappa shape index (κ2) is 11.3. The van der Waals surface area contributed by atoms with E-state index in [1.807, 2.05) is 0 Å². The maximum absolute atomic E-state index is 12.7. The first-order valence-electron chi connectivity index (χ1n) is 10.5. The fourth-order valence-electron chi connectivity index (χ4n) is 3.61. The lowest BCUT2D eigenvalue weighted by molar-refractivity contribution is -0.145. The Balaban J connectivity index is 1.92. The molecular weight excluding hydrogens is 404 g/mol. The topological polar surface area (TPSA) is 122 Å². The molecule has 2 amide bonds. The predicted octanol–water partition coefficient (Wildman–Crippen LogP) is 2.48. The smallest absolute Gasteiger partial charge is 0.407 e. The van der Waals surface area contributed by atoms with Gasteiger partial charge < -0.3 is 24.8 Å². The second-order valence-corrected chi connectivity index (χ2v) is 7.54. The molecule has 1 aliphatic heterocycles. The van der Waals surface area contributed by atoms with E-state index in [9.17, 15) is 24.3 Å². The molecule has 2 N–H and O–H groups in total. The summed E-state index contributed by atoms with van der Waals surface area (Å²) in [4.78, 5) is 49.4. The Bertz CT molecular complexity index is 794. The van der Waals surface area contributed by atoms with Gasteiger partial charge in [0.1, 0.15) is 5.75 Å². The first-order chi connectivity index (χ1) is 14.7. The number of amides is 2. The maximum atomic E-state index is 12.7. The fraction of sp³-hybridized carbons (Fsp3) is 0.545. The molecule has 2 rings (SSSR count). The number of carbonyl (C=O) groups is 4. The number of likely N-dealkylation sites (tertiary alicyclic amines) is 1. The average Bonchev–Trinajstić information content (AvgIpc) is 2.77. The number of carboxylic acid groups (broad SMARTS) is 1. The molecule has 0 spiro atoms. The van der Waals surface area contributed by atoms with Gasteiger partial charge in [0.25, 0.3) is 0 Å². The van der Waals surface area contributed by atoms with Crippen molar-refractivity contribution < 1.29 is 33.8 Å². The summed E-state index contributed by atoms with van der Waals surface area (Å²) in [5.74, 6) is -1.26. The number of benzene rings is 1. The molecule has 0 bridgehead atoms. The molecule has 1 heterocycles. The van der Waals surface area contributed by atoms with Crippen molar-refractivity contribution in [3.8, 4) is 5.75 Å². The van der Waals surface area contributed by atoms with Gasteiger partial charge in [-0.2, -0.15) is 0 Å². The van der Waals surface area contributed by atoms with Crippen LogP contribution in [0, 0.1) is 5.92 Å². The number of nitrogens with one attached hydrogen (secondary N) is 1. The van der Waals surface area contributed by atoms with Gasteiger partial charge in [0.15, 0.2) is 12.4 Å². The third-order valence-corrected chi connectivity index (χ3v) is 5.34. The SMILES string of the molecule is CCOC(=O)COc1ccc(C(=O)C(C)NC(=O)C(C)C2CCCCN2C(=O)O)cc1. The van der Waals surface area contributed by atoms with Crippen molar-refractivity contribution in [2.75, 3.05) is 19.8 Å². The highest BCUT2D eigenvalue weighted by Crippen LogP contribution is 2.24. The van der Waals surface area contributed by atoms with Gasteiger partial charge in [-0.05, 0) is 57.4 Å². The van der Waals surface area contributed by atoms with Crippen LogP contribution < -0.4 is 10.1 Å². The number of hydrogen-bond acceptors (Lipinski definition) is 6. The van der Waals surface area contributed by atoms with Crippen molar-refractivity contribution in [3.63, 3.8) is 0 Å². The lowest BCUT2D eigenvalue weighted by Crippen LogP contribution is -2.52. The number of Topliss-reactive ketones (excluding diaryl/α,β-unsaturated/α-hetero) is 1. The molecule has 0 radical (unpaired) electrons. The number of esters is 1. The zero-order valence-electron chi connectivity index (χ0n) is 18.1. The van der Waals surface area contributed by atoms with E-state index in [0.29, 0.717) is 24.3 Å². The normalized spacial score (nSPS) is 17.9. The largest absolute Gasteiger partial charge is 0.482 e. The van der Waals surface area contributed by atoms with Crippen molar-refractivity contribution in [3.05, 3.63) is 29.8 Å². The summed E-state index contributed by atoms with van der Waals surface area (Å²) >= 11 is 0. The summed E-state index contributed by atoms with van der Waals surface area (Å²) in [5, 5.41) is 12.1. The number of ketones is 1. The van der Waals surface area contributed by atoms with Crippen LogP contribution in [0.5, 0.6) is 5.75 Å². The van der Waals surface area contributed by atoms with Gasteiger partial charge in [0.05, 0.1) is 18.6 Å². The minimum absolute atomic E-state index is 0.222. The van der Waals surface area contributed by atoms with Gasteiger partial charge in [-0.25, -0.2) is 9.59 Å². The number of carbonyl (C=O) groups excluding carboxylic acids is 3. The second-order valence-electron chi connectivity index (χ2n) is 7.54. The van der Waals surface area contributed by atoms with Crippen molar-refractivity contribution in [1.29, 1.82) is 0 Å². The monoisotopic (exact) mass is 434 g/mol. The predicted molar refractivity (Wildman–Crippen MR) is 112 cm³/mol. The Labute approximate surface area is 181 Å². The molecule has 1 fully saturated rings. The number of piperidine rings is 1. The van der Waals surface area contributed by atoms with Crippen LogP contribution in [0.2, 0.25) is 0 Å². The summed E-state index contributed by atoms with van der Waals surface area (Å²) in [6.07, 6.45) is 1.24. The molecule has 1 saturated heterocycles. The quantitative estimate of drug-likeness (QED) is 0.452. The number of ether oxygens (including phenoxy) is 2. The van der Waals surface area contributed by atoms with Crippen molar-refractivity contribution in [1.82, 2.24) is 10.2 Å². The first kappa shape index (κ1) is 24.2. The minimum atomic E-state index is -1.03. The summed E-state index contributed by atoms with van der Waals surface area (Å²) in [6.45, 7) is 5.45. The molecule has 170 valence electrons. The van der Waals surface area contributed by atoms with Crippen LogP contribution in [0.3, 0.4) is 0 Å². The lowest BCUT2D eigenvalue weighted by Gasteiger charge is -2.37. The Morgan fingerprint density at radius 3 is 2.45 bits per heavy atom. The molecule has 0 aromatic heterocycles. The maximum Gasteiger partial charge on any atom is 0.407 e. The van der Waals surface area contributed by atoms with E-state index in [4.69, 9.17) is 9.47 Å². The van der Waals surface area contributed by atoms with Crippen LogP contribution in [0.15, 0.2) is 24.3 Å². The highest BCUT2D eigenvalue weighted by atomic mass is 16.6. The first-order valence-corrected chi connectivity index (χ1v) is 10.5. The molecule has 1 aromatic carbocycles.